The Kier molecular flexibility index (Phi) is 4.29. The number of rotatable bonds is 4. The molecule has 18 heavy (non-hydrogen) atoms. The highest BCUT2D eigenvalue weighted by molar-refractivity contribution is 14.1. The molecule has 0 aliphatic heterocycles. The van der Waals surface area contributed by atoms with Gasteiger partial charge in [0.15, 0.2) is 6.10 Å². The molecule has 0 radical (unpaired) electrons. The van der Waals surface area contributed by atoms with Gasteiger partial charge in [0.25, 0.3) is 0 Å². The van der Waals surface area contributed by atoms with Crippen LogP contribution in [0.4, 0.5) is 0 Å². The van der Waals surface area contributed by atoms with Crippen molar-refractivity contribution in [3.8, 4) is 5.75 Å². The SMILES string of the molecule is Cc1ccc(C(Oc2ccc(I)cc2)C(C)N)o1. The summed E-state index contributed by atoms with van der Waals surface area (Å²) in [5.41, 5.74) is 5.97. The van der Waals surface area contributed by atoms with Crippen molar-refractivity contribution in [3.63, 3.8) is 0 Å². The van der Waals surface area contributed by atoms with Crippen molar-refractivity contribution in [1.82, 2.24) is 0 Å². The summed E-state index contributed by atoms with van der Waals surface area (Å²) in [7, 11) is 0. The van der Waals surface area contributed by atoms with Crippen LogP contribution in [0.25, 0.3) is 0 Å². The van der Waals surface area contributed by atoms with Gasteiger partial charge in [0, 0.05) is 9.61 Å². The first kappa shape index (κ1) is 13.4. The Bertz CT molecular complexity index is 505. The second-order valence-electron chi connectivity index (χ2n) is 4.30. The van der Waals surface area contributed by atoms with E-state index in [0.717, 1.165) is 17.3 Å². The van der Waals surface area contributed by atoms with Crippen LogP contribution in [0.5, 0.6) is 5.75 Å². The average molecular weight is 357 g/mol. The number of nitrogens with two attached hydrogens (primary N) is 1. The molecule has 1 heterocycles. The Morgan fingerprint density at radius 1 is 1.17 bits per heavy atom. The summed E-state index contributed by atoms with van der Waals surface area (Å²) in [5, 5.41) is 0. The van der Waals surface area contributed by atoms with Crippen molar-refractivity contribution in [2.75, 3.05) is 0 Å². The quantitative estimate of drug-likeness (QED) is 0.850. The molecule has 0 bridgehead atoms. The number of aryl methyl sites for hydroxylation is 1. The number of halogens is 1. The zero-order chi connectivity index (χ0) is 13.1. The molecule has 0 aliphatic carbocycles. The molecule has 1 aromatic heterocycles. The van der Waals surface area contributed by atoms with E-state index in [1.165, 1.54) is 3.57 Å². The molecule has 0 amide bonds. The minimum atomic E-state index is -0.265. The summed E-state index contributed by atoms with van der Waals surface area (Å²) in [6, 6.07) is 11.6. The molecule has 96 valence electrons. The fourth-order valence-electron chi connectivity index (χ4n) is 1.69. The summed E-state index contributed by atoms with van der Waals surface area (Å²) < 4.78 is 12.7. The van der Waals surface area contributed by atoms with Crippen LogP contribution >= 0.6 is 22.6 Å². The third-order valence-electron chi connectivity index (χ3n) is 2.60. The lowest BCUT2D eigenvalue weighted by molar-refractivity contribution is 0.152. The van der Waals surface area contributed by atoms with Crippen LogP contribution in [-0.2, 0) is 0 Å². The first-order chi connectivity index (χ1) is 8.56. The molecule has 0 saturated heterocycles. The second-order valence-corrected chi connectivity index (χ2v) is 5.55. The number of benzene rings is 1. The first-order valence-electron chi connectivity index (χ1n) is 5.80. The van der Waals surface area contributed by atoms with Gasteiger partial charge >= 0.3 is 0 Å². The van der Waals surface area contributed by atoms with Crippen molar-refractivity contribution < 1.29 is 9.15 Å². The number of hydrogen-bond acceptors (Lipinski definition) is 3. The van der Waals surface area contributed by atoms with E-state index in [2.05, 4.69) is 22.6 Å². The average Bonchev–Trinajstić information content (AvgIpc) is 2.74. The lowest BCUT2D eigenvalue weighted by atomic mass is 10.1. The molecule has 2 rings (SSSR count). The highest BCUT2D eigenvalue weighted by atomic mass is 127. The topological polar surface area (TPSA) is 48.4 Å². The highest BCUT2D eigenvalue weighted by Crippen LogP contribution is 2.26. The van der Waals surface area contributed by atoms with Gasteiger partial charge in [-0.1, -0.05) is 0 Å². The van der Waals surface area contributed by atoms with Crippen LogP contribution < -0.4 is 10.5 Å². The smallest absolute Gasteiger partial charge is 0.171 e. The van der Waals surface area contributed by atoms with Gasteiger partial charge in [0.05, 0.1) is 0 Å². The van der Waals surface area contributed by atoms with E-state index in [1.807, 2.05) is 50.2 Å². The maximum Gasteiger partial charge on any atom is 0.171 e. The van der Waals surface area contributed by atoms with Gasteiger partial charge < -0.3 is 14.9 Å². The third kappa shape index (κ3) is 3.26. The first-order valence-corrected chi connectivity index (χ1v) is 6.88. The molecule has 0 saturated carbocycles. The minimum absolute atomic E-state index is 0.144. The summed E-state index contributed by atoms with van der Waals surface area (Å²) in [6.07, 6.45) is -0.265. The maximum absolute atomic E-state index is 5.97. The zero-order valence-electron chi connectivity index (χ0n) is 10.4. The van der Waals surface area contributed by atoms with Gasteiger partial charge in [-0.25, -0.2) is 0 Å². The van der Waals surface area contributed by atoms with Crippen LogP contribution in [0.2, 0.25) is 0 Å². The highest BCUT2D eigenvalue weighted by Gasteiger charge is 2.21. The molecule has 2 aromatic rings. The normalized spacial score (nSPS) is 14.2. The molecule has 0 spiro atoms. The largest absolute Gasteiger partial charge is 0.481 e. The van der Waals surface area contributed by atoms with Gasteiger partial charge in [-0.2, -0.15) is 0 Å². The van der Waals surface area contributed by atoms with Gasteiger partial charge in [0.2, 0.25) is 0 Å². The van der Waals surface area contributed by atoms with Crippen LogP contribution in [0.1, 0.15) is 24.5 Å². The summed E-state index contributed by atoms with van der Waals surface area (Å²) in [6.45, 7) is 3.82. The van der Waals surface area contributed by atoms with E-state index in [-0.39, 0.29) is 12.1 Å². The van der Waals surface area contributed by atoms with Crippen molar-refractivity contribution in [3.05, 3.63) is 51.5 Å². The molecular weight excluding hydrogens is 341 g/mol. The molecule has 0 fully saturated rings. The van der Waals surface area contributed by atoms with Crippen LogP contribution in [0, 0.1) is 10.5 Å². The van der Waals surface area contributed by atoms with Crippen molar-refractivity contribution in [2.45, 2.75) is 26.0 Å². The van der Waals surface area contributed by atoms with Gasteiger partial charge in [0.1, 0.15) is 17.3 Å². The molecule has 4 heteroatoms. The van der Waals surface area contributed by atoms with Crippen molar-refractivity contribution in [1.29, 1.82) is 0 Å². The molecule has 3 nitrogen and oxygen atoms in total. The Labute approximate surface area is 120 Å². The van der Waals surface area contributed by atoms with E-state index < -0.39 is 0 Å². The van der Waals surface area contributed by atoms with Gasteiger partial charge in [-0.15, -0.1) is 0 Å². The molecular formula is C14H16INO2. The Hall–Kier alpha value is -1.01. The van der Waals surface area contributed by atoms with E-state index in [9.17, 15) is 0 Å². The Balaban J connectivity index is 2.19. The third-order valence-corrected chi connectivity index (χ3v) is 3.31. The Morgan fingerprint density at radius 3 is 2.33 bits per heavy atom. The molecule has 2 N–H and O–H groups in total. The predicted molar refractivity (Wildman–Crippen MR) is 79.6 cm³/mol. The summed E-state index contributed by atoms with van der Waals surface area (Å²) >= 11 is 2.26. The predicted octanol–water partition coefficient (Wildman–Crippen LogP) is 3.66. The lowest BCUT2D eigenvalue weighted by Crippen LogP contribution is -2.28. The minimum Gasteiger partial charge on any atom is -0.481 e. The van der Waals surface area contributed by atoms with E-state index in [1.54, 1.807) is 0 Å². The fourth-order valence-corrected chi connectivity index (χ4v) is 2.05. The lowest BCUT2D eigenvalue weighted by Gasteiger charge is -2.20. The van der Waals surface area contributed by atoms with Crippen LogP contribution in [-0.4, -0.2) is 6.04 Å². The number of hydrogen-bond donors (Lipinski definition) is 1. The Morgan fingerprint density at radius 2 is 1.83 bits per heavy atom. The second kappa shape index (κ2) is 5.75. The van der Waals surface area contributed by atoms with E-state index >= 15 is 0 Å². The number of ether oxygens (including phenoxy) is 1. The van der Waals surface area contributed by atoms with Gasteiger partial charge in [-0.05, 0) is 72.8 Å². The van der Waals surface area contributed by atoms with Gasteiger partial charge in [-0.3, -0.25) is 0 Å². The maximum atomic E-state index is 5.97. The molecule has 2 atom stereocenters. The number of furan rings is 1. The molecule has 2 unspecified atom stereocenters. The monoisotopic (exact) mass is 357 g/mol. The standard InChI is InChI=1S/C14H16INO2/c1-9-3-8-13(17-9)14(10(2)16)18-12-6-4-11(15)5-7-12/h3-8,10,14H,16H2,1-2H3. The van der Waals surface area contributed by atoms with Crippen LogP contribution in [0.15, 0.2) is 40.8 Å². The summed E-state index contributed by atoms with van der Waals surface area (Å²) in [4.78, 5) is 0. The van der Waals surface area contributed by atoms with E-state index in [4.69, 9.17) is 14.9 Å². The van der Waals surface area contributed by atoms with E-state index in [0.29, 0.717) is 0 Å². The van der Waals surface area contributed by atoms with Crippen molar-refractivity contribution >= 4 is 22.6 Å². The molecule has 1 aromatic carbocycles. The van der Waals surface area contributed by atoms with Crippen LogP contribution in [0.3, 0.4) is 0 Å². The summed E-state index contributed by atoms with van der Waals surface area (Å²) in [5.74, 6) is 2.43. The van der Waals surface area contributed by atoms with Crippen molar-refractivity contribution in [2.24, 2.45) is 5.73 Å². The zero-order valence-corrected chi connectivity index (χ0v) is 12.5. The fraction of sp³-hybridized carbons (Fsp3) is 0.286. The molecule has 0 aliphatic rings.